The summed E-state index contributed by atoms with van der Waals surface area (Å²) in [5.74, 6) is -0.556. The van der Waals surface area contributed by atoms with E-state index in [4.69, 9.17) is 20.5 Å². The molecular weight excluding hydrogens is 376 g/mol. The van der Waals surface area contributed by atoms with Crippen molar-refractivity contribution < 1.29 is 19.1 Å². The zero-order valence-electron chi connectivity index (χ0n) is 15.8. The molecule has 152 valence electrons. The van der Waals surface area contributed by atoms with Crippen LogP contribution in [0.15, 0.2) is 36.4 Å². The number of nitrogens with two attached hydrogens (primary N) is 1. The number of nitrogens with zero attached hydrogens (tertiary/aromatic N) is 3. The van der Waals surface area contributed by atoms with E-state index < -0.39 is 5.91 Å². The molecule has 0 unspecified atom stereocenters. The van der Waals surface area contributed by atoms with Gasteiger partial charge in [0.2, 0.25) is 5.91 Å². The van der Waals surface area contributed by atoms with Crippen molar-refractivity contribution in [1.82, 2.24) is 10.2 Å². The largest absolute Gasteiger partial charge is 0.379 e. The number of nitrogens with one attached hydrogen (secondary N) is 2. The van der Waals surface area contributed by atoms with Crippen LogP contribution in [0.1, 0.15) is 22.5 Å². The third-order valence-electron chi connectivity index (χ3n) is 3.57. The van der Waals surface area contributed by atoms with E-state index in [2.05, 4.69) is 20.8 Å². The zero-order valence-corrected chi connectivity index (χ0v) is 15.8. The van der Waals surface area contributed by atoms with Gasteiger partial charge in [0.05, 0.1) is 44.1 Å². The van der Waals surface area contributed by atoms with Gasteiger partial charge in [0.15, 0.2) is 11.5 Å². The standard InChI is InChI=1S/C19H22N6O4/c20-8-10-29-12-11-28-9-7-18(26)22-16-4-2-1-3-15(16)19(27)23-17-6-5-14(13-21)24-25-17/h1-6H,7-12,20H2,(H,22,26)(H,23,25,27). The number of anilines is 2. The first-order valence-corrected chi connectivity index (χ1v) is 8.93. The van der Waals surface area contributed by atoms with E-state index in [1.807, 2.05) is 6.07 Å². The van der Waals surface area contributed by atoms with Crippen molar-refractivity contribution in [2.24, 2.45) is 5.73 Å². The number of rotatable bonds is 11. The average molecular weight is 398 g/mol. The lowest BCUT2D eigenvalue weighted by Crippen LogP contribution is -2.20. The number of amides is 2. The first-order valence-electron chi connectivity index (χ1n) is 8.93. The van der Waals surface area contributed by atoms with Crippen molar-refractivity contribution in [3.8, 4) is 6.07 Å². The summed E-state index contributed by atoms with van der Waals surface area (Å²) in [7, 11) is 0. The van der Waals surface area contributed by atoms with Crippen molar-refractivity contribution in [3.63, 3.8) is 0 Å². The maximum absolute atomic E-state index is 12.5. The predicted molar refractivity (Wildman–Crippen MR) is 105 cm³/mol. The maximum Gasteiger partial charge on any atom is 0.258 e. The van der Waals surface area contributed by atoms with Gasteiger partial charge in [-0.25, -0.2) is 0 Å². The molecule has 1 aromatic carbocycles. The molecule has 0 fully saturated rings. The fourth-order valence-corrected chi connectivity index (χ4v) is 2.22. The number of carbonyl (C=O) groups is 2. The highest BCUT2D eigenvalue weighted by atomic mass is 16.5. The Balaban J connectivity index is 1.86. The first kappa shape index (κ1) is 21.9. The maximum atomic E-state index is 12.5. The number of aromatic nitrogens is 2. The van der Waals surface area contributed by atoms with Crippen molar-refractivity contribution in [2.45, 2.75) is 6.42 Å². The second-order valence-electron chi connectivity index (χ2n) is 5.73. The molecule has 0 radical (unpaired) electrons. The van der Waals surface area contributed by atoms with Gasteiger partial charge in [0, 0.05) is 6.54 Å². The quantitative estimate of drug-likeness (QED) is 0.472. The van der Waals surface area contributed by atoms with E-state index in [1.54, 1.807) is 24.3 Å². The van der Waals surface area contributed by atoms with Crippen LogP contribution >= 0.6 is 0 Å². The topological polar surface area (TPSA) is 152 Å². The SMILES string of the molecule is N#Cc1ccc(NC(=O)c2ccccc2NC(=O)CCOCCOCCN)nn1. The minimum atomic E-state index is -0.465. The lowest BCUT2D eigenvalue weighted by molar-refractivity contribution is -0.117. The molecule has 0 saturated carbocycles. The van der Waals surface area contributed by atoms with Crippen LogP contribution in [0, 0.1) is 11.3 Å². The van der Waals surface area contributed by atoms with E-state index in [0.29, 0.717) is 32.1 Å². The number of ether oxygens (including phenoxy) is 2. The van der Waals surface area contributed by atoms with Crippen LogP contribution in [0.2, 0.25) is 0 Å². The number of nitriles is 1. The Morgan fingerprint density at radius 2 is 1.76 bits per heavy atom. The zero-order chi connectivity index (χ0) is 20.9. The lowest BCUT2D eigenvalue weighted by atomic mass is 10.1. The second-order valence-corrected chi connectivity index (χ2v) is 5.73. The molecule has 0 saturated heterocycles. The summed E-state index contributed by atoms with van der Waals surface area (Å²) < 4.78 is 10.5. The summed E-state index contributed by atoms with van der Waals surface area (Å²) in [6, 6.07) is 11.3. The van der Waals surface area contributed by atoms with E-state index in [0.717, 1.165) is 0 Å². The van der Waals surface area contributed by atoms with Gasteiger partial charge < -0.3 is 25.8 Å². The lowest BCUT2D eigenvalue weighted by Gasteiger charge is -2.11. The van der Waals surface area contributed by atoms with Gasteiger partial charge in [-0.3, -0.25) is 9.59 Å². The molecule has 2 aromatic rings. The van der Waals surface area contributed by atoms with Crippen LogP contribution in [-0.2, 0) is 14.3 Å². The Labute approximate surface area is 168 Å². The average Bonchev–Trinajstić information content (AvgIpc) is 2.74. The van der Waals surface area contributed by atoms with Crippen LogP contribution in [-0.4, -0.2) is 55.0 Å². The molecule has 0 bridgehead atoms. The van der Waals surface area contributed by atoms with Crippen LogP contribution < -0.4 is 16.4 Å². The molecule has 0 atom stereocenters. The third kappa shape index (κ3) is 7.63. The minimum Gasteiger partial charge on any atom is -0.379 e. The van der Waals surface area contributed by atoms with Gasteiger partial charge in [-0.05, 0) is 24.3 Å². The van der Waals surface area contributed by atoms with Crippen LogP contribution in [0.5, 0.6) is 0 Å². The van der Waals surface area contributed by atoms with Crippen molar-refractivity contribution in [1.29, 1.82) is 5.26 Å². The number of carbonyl (C=O) groups excluding carboxylic acids is 2. The number of hydrogen-bond donors (Lipinski definition) is 3. The number of benzene rings is 1. The van der Waals surface area contributed by atoms with Crippen molar-refractivity contribution in [3.05, 3.63) is 47.7 Å². The molecule has 0 aliphatic heterocycles. The molecule has 0 aliphatic rings. The Morgan fingerprint density at radius 3 is 2.45 bits per heavy atom. The summed E-state index contributed by atoms with van der Waals surface area (Å²) >= 11 is 0. The molecule has 10 heteroatoms. The second kappa shape index (κ2) is 12.1. The molecule has 10 nitrogen and oxygen atoms in total. The monoisotopic (exact) mass is 398 g/mol. The van der Waals surface area contributed by atoms with Gasteiger partial charge in [-0.1, -0.05) is 12.1 Å². The molecular formula is C19H22N6O4. The summed E-state index contributed by atoms with van der Waals surface area (Å²) in [5.41, 5.74) is 6.08. The molecule has 2 amide bonds. The molecule has 4 N–H and O–H groups in total. The molecule has 1 heterocycles. The summed E-state index contributed by atoms with van der Waals surface area (Å²) in [6.07, 6.45) is 0.133. The fraction of sp³-hybridized carbons (Fsp3) is 0.316. The van der Waals surface area contributed by atoms with Crippen LogP contribution in [0.4, 0.5) is 11.5 Å². The Morgan fingerprint density at radius 1 is 1.00 bits per heavy atom. The summed E-state index contributed by atoms with van der Waals surface area (Å²) in [6.45, 7) is 1.94. The van der Waals surface area contributed by atoms with Gasteiger partial charge in [0.25, 0.3) is 5.91 Å². The Hall–Kier alpha value is -3.39. The first-order chi connectivity index (χ1) is 14.1. The highest BCUT2D eigenvalue weighted by Crippen LogP contribution is 2.17. The molecule has 2 rings (SSSR count). The molecule has 29 heavy (non-hydrogen) atoms. The van der Waals surface area contributed by atoms with E-state index in [1.165, 1.54) is 12.1 Å². The van der Waals surface area contributed by atoms with Gasteiger partial charge in [0.1, 0.15) is 6.07 Å². The van der Waals surface area contributed by atoms with E-state index in [-0.39, 0.29) is 36.0 Å². The number of para-hydroxylation sites is 1. The van der Waals surface area contributed by atoms with Crippen LogP contribution in [0.3, 0.4) is 0 Å². The molecule has 0 aliphatic carbocycles. The van der Waals surface area contributed by atoms with Gasteiger partial charge >= 0.3 is 0 Å². The normalized spacial score (nSPS) is 10.2. The predicted octanol–water partition coefficient (Wildman–Crippen LogP) is 0.921. The molecule has 1 aromatic heterocycles. The summed E-state index contributed by atoms with van der Waals surface area (Å²) in [4.78, 5) is 24.6. The van der Waals surface area contributed by atoms with Gasteiger partial charge in [-0.2, -0.15) is 5.26 Å². The van der Waals surface area contributed by atoms with E-state index >= 15 is 0 Å². The smallest absolute Gasteiger partial charge is 0.258 e. The van der Waals surface area contributed by atoms with Gasteiger partial charge in [-0.15, -0.1) is 10.2 Å². The van der Waals surface area contributed by atoms with Crippen molar-refractivity contribution in [2.75, 3.05) is 43.6 Å². The summed E-state index contributed by atoms with van der Waals surface area (Å²) in [5, 5.41) is 21.4. The Bertz CT molecular complexity index is 851. The fourth-order valence-electron chi connectivity index (χ4n) is 2.22. The van der Waals surface area contributed by atoms with E-state index in [9.17, 15) is 9.59 Å². The third-order valence-corrected chi connectivity index (χ3v) is 3.57. The molecule has 0 spiro atoms. The highest BCUT2D eigenvalue weighted by Gasteiger charge is 2.14. The van der Waals surface area contributed by atoms with Crippen LogP contribution in [0.25, 0.3) is 0 Å². The van der Waals surface area contributed by atoms with Crippen molar-refractivity contribution >= 4 is 23.3 Å². The number of hydrogen-bond acceptors (Lipinski definition) is 8. The minimum absolute atomic E-state index is 0.133. The Kier molecular flexibility index (Phi) is 9.17. The highest BCUT2D eigenvalue weighted by molar-refractivity contribution is 6.09.